The average Bonchev–Trinajstić information content (AvgIpc) is 1.59. The molecule has 8 heavy (non-hydrogen) atoms. The van der Waals surface area contributed by atoms with Crippen LogP contribution in [0.1, 0.15) is 7.06 Å². The number of nitrogens with zero attached hydrogens (tertiary/aromatic N) is 1. The normalized spacial score (nSPS) is 10.9. The molecule has 0 aliphatic heterocycles. The smallest absolute Gasteiger partial charge is 0.141 e. The van der Waals surface area contributed by atoms with Crippen LogP contribution in [0, 0.1) is 6.92 Å². The first-order valence-corrected chi connectivity index (χ1v) is 2.39. The van der Waals surface area contributed by atoms with E-state index < -0.39 is 0 Å². The second kappa shape index (κ2) is 1.99. The Labute approximate surface area is 51.6 Å². The topological polar surface area (TPSA) is 12.9 Å². The van der Waals surface area contributed by atoms with E-state index in [2.05, 4.69) is 4.98 Å². The summed E-state index contributed by atoms with van der Waals surface area (Å²) in [6, 6.07) is 3.60. The highest BCUT2D eigenvalue weighted by Gasteiger charge is 1.81. The van der Waals surface area contributed by atoms with Crippen molar-refractivity contribution in [2.24, 2.45) is 0 Å². The summed E-state index contributed by atoms with van der Waals surface area (Å²) in [5.74, 6) is 0. The van der Waals surface area contributed by atoms with E-state index in [1.54, 1.807) is 6.07 Å². The van der Waals surface area contributed by atoms with Gasteiger partial charge in [0.1, 0.15) is 7.85 Å². The number of aromatic nitrogens is 1. The van der Waals surface area contributed by atoms with Crippen LogP contribution in [-0.2, 0) is 0 Å². The maximum Gasteiger partial charge on any atom is 0.141 e. The molecule has 1 nitrogen and oxygen atoms in total. The maximum atomic E-state index is 7.16. The minimum Gasteiger partial charge on any atom is -0.270 e. The Kier molecular flexibility index (Phi) is 1.03. The van der Waals surface area contributed by atoms with Gasteiger partial charge in [0, 0.05) is 5.69 Å². The van der Waals surface area contributed by atoms with Crippen molar-refractivity contribution in [3.63, 3.8) is 0 Å². The third-order valence-electron chi connectivity index (χ3n) is 0.829. The van der Waals surface area contributed by atoms with Gasteiger partial charge in [-0.2, -0.15) is 0 Å². The Balaban J connectivity index is 3.17. The van der Waals surface area contributed by atoms with Crippen LogP contribution >= 0.6 is 0 Å². The molecule has 1 aromatic rings. The van der Waals surface area contributed by atoms with Crippen LogP contribution in [0.4, 0.5) is 0 Å². The van der Waals surface area contributed by atoms with E-state index in [1.165, 1.54) is 6.07 Å². The molecule has 0 spiro atoms. The summed E-state index contributed by atoms with van der Waals surface area (Å²) in [6.45, 7) is 1.81. The highest BCUT2D eigenvalue weighted by Crippen LogP contribution is 1.83. The molecule has 1 heterocycles. The summed E-state index contributed by atoms with van der Waals surface area (Å²) >= 11 is 0. The maximum absolute atomic E-state index is 7.16. The standard InChI is InChI=1S/C6H6BN/c1-5-3-2-4-6(7)8-5/h2-4H,1H3/i2D. The first kappa shape index (κ1) is 4.13. The summed E-state index contributed by atoms with van der Waals surface area (Å²) in [7, 11) is 5.33. The number of pyridine rings is 1. The van der Waals surface area contributed by atoms with Gasteiger partial charge in [-0.3, -0.25) is 4.98 Å². The summed E-state index contributed by atoms with van der Waals surface area (Å²) < 4.78 is 7.16. The molecular formula is C6H6BN. The van der Waals surface area contributed by atoms with Crippen molar-refractivity contribution in [2.45, 2.75) is 6.92 Å². The molecule has 0 bridgehead atoms. The summed E-state index contributed by atoms with van der Waals surface area (Å²) in [4.78, 5) is 3.89. The lowest BCUT2D eigenvalue weighted by Gasteiger charge is -1.90. The molecule has 0 aliphatic rings. The highest BCUT2D eigenvalue weighted by molar-refractivity contribution is 6.30. The summed E-state index contributed by atoms with van der Waals surface area (Å²) in [5.41, 5.74) is 1.21. The molecule has 2 heteroatoms. The zero-order valence-electron chi connectivity index (χ0n) is 5.68. The molecule has 38 valence electrons. The van der Waals surface area contributed by atoms with E-state index in [1.807, 2.05) is 6.92 Å². The van der Waals surface area contributed by atoms with Gasteiger partial charge in [0.25, 0.3) is 0 Å². The van der Waals surface area contributed by atoms with E-state index in [0.717, 1.165) is 5.69 Å². The zero-order valence-corrected chi connectivity index (χ0v) is 4.68. The molecule has 0 N–H and O–H groups in total. The van der Waals surface area contributed by atoms with Crippen LogP contribution in [0.25, 0.3) is 0 Å². The Morgan fingerprint density at radius 1 is 1.75 bits per heavy atom. The minimum atomic E-state index is 0.417. The molecule has 0 aromatic carbocycles. The van der Waals surface area contributed by atoms with Gasteiger partial charge in [0.05, 0.1) is 1.37 Å². The Hall–Kier alpha value is -0.785. The number of hydrogen-bond donors (Lipinski definition) is 0. The number of rotatable bonds is 0. The van der Waals surface area contributed by atoms with Gasteiger partial charge < -0.3 is 0 Å². The largest absolute Gasteiger partial charge is 0.270 e. The van der Waals surface area contributed by atoms with Gasteiger partial charge in [0.2, 0.25) is 0 Å². The molecule has 0 aliphatic carbocycles. The lowest BCUT2D eigenvalue weighted by Crippen LogP contribution is -2.07. The molecule has 0 fully saturated rings. The fourth-order valence-electron chi connectivity index (χ4n) is 0.516. The average molecular weight is 104 g/mol. The van der Waals surface area contributed by atoms with Crippen molar-refractivity contribution in [2.75, 3.05) is 0 Å². The van der Waals surface area contributed by atoms with Crippen molar-refractivity contribution in [1.82, 2.24) is 4.98 Å². The first-order chi connectivity index (χ1) is 4.18. The second-order valence-electron chi connectivity index (χ2n) is 1.63. The van der Waals surface area contributed by atoms with Crippen LogP contribution in [-0.4, -0.2) is 12.8 Å². The van der Waals surface area contributed by atoms with Crippen molar-refractivity contribution in [1.29, 1.82) is 0 Å². The van der Waals surface area contributed by atoms with E-state index in [9.17, 15) is 0 Å². The molecular weight excluding hydrogens is 96.9 g/mol. The molecule has 0 amide bonds. The molecule has 0 saturated carbocycles. The first-order valence-electron chi connectivity index (χ1n) is 2.89. The number of hydrogen-bond acceptors (Lipinski definition) is 1. The van der Waals surface area contributed by atoms with E-state index in [0.29, 0.717) is 11.6 Å². The molecule has 1 aromatic heterocycles. The van der Waals surface area contributed by atoms with Gasteiger partial charge >= 0.3 is 0 Å². The highest BCUT2D eigenvalue weighted by atomic mass is 14.7. The van der Waals surface area contributed by atoms with Gasteiger partial charge in [-0.1, -0.05) is 12.1 Å². The summed E-state index contributed by atoms with van der Waals surface area (Å²) in [5, 5.41) is 0. The molecule has 0 atom stereocenters. The van der Waals surface area contributed by atoms with Crippen molar-refractivity contribution in [3.05, 3.63) is 23.9 Å². The van der Waals surface area contributed by atoms with E-state index in [4.69, 9.17) is 9.22 Å². The zero-order chi connectivity index (χ0) is 6.85. The van der Waals surface area contributed by atoms with Gasteiger partial charge in [-0.25, -0.2) is 0 Å². The molecule has 0 saturated heterocycles. The molecule has 2 radical (unpaired) electrons. The fourth-order valence-corrected chi connectivity index (χ4v) is 0.516. The van der Waals surface area contributed by atoms with Crippen LogP contribution in [0.5, 0.6) is 0 Å². The molecule has 1 rings (SSSR count). The predicted molar refractivity (Wildman–Crippen MR) is 34.4 cm³/mol. The monoisotopic (exact) mass is 104 g/mol. The Morgan fingerprint density at radius 2 is 2.50 bits per heavy atom. The Bertz CT molecular complexity index is 174. The minimum absolute atomic E-state index is 0.417. The van der Waals surface area contributed by atoms with Gasteiger partial charge in [-0.15, -0.1) is 0 Å². The van der Waals surface area contributed by atoms with Crippen molar-refractivity contribution < 1.29 is 1.37 Å². The van der Waals surface area contributed by atoms with Crippen LogP contribution in [0.2, 0.25) is 0 Å². The third-order valence-corrected chi connectivity index (χ3v) is 0.829. The second-order valence-corrected chi connectivity index (χ2v) is 1.63. The van der Waals surface area contributed by atoms with Gasteiger partial charge in [-0.05, 0) is 18.6 Å². The predicted octanol–water partition coefficient (Wildman–Crippen LogP) is 0.184. The van der Waals surface area contributed by atoms with E-state index >= 15 is 0 Å². The van der Waals surface area contributed by atoms with Crippen LogP contribution in [0.15, 0.2) is 18.2 Å². The van der Waals surface area contributed by atoms with Crippen LogP contribution < -0.4 is 5.59 Å². The lowest BCUT2D eigenvalue weighted by molar-refractivity contribution is 1.24. The quantitative estimate of drug-likeness (QED) is 0.428. The Morgan fingerprint density at radius 3 is 3.00 bits per heavy atom. The summed E-state index contributed by atoms with van der Waals surface area (Å²) in [6.07, 6.45) is 0. The fraction of sp³-hybridized carbons (Fsp3) is 0.167. The third kappa shape index (κ3) is 1.09. The van der Waals surface area contributed by atoms with E-state index in [-0.39, 0.29) is 0 Å². The van der Waals surface area contributed by atoms with Crippen molar-refractivity contribution >= 4 is 13.4 Å². The van der Waals surface area contributed by atoms with Crippen molar-refractivity contribution in [3.8, 4) is 0 Å². The SMILES string of the molecule is [2H]c1cc([B])nc(C)c1. The lowest BCUT2D eigenvalue weighted by atomic mass is 10.0. The number of aryl methyl sites for hydroxylation is 1. The van der Waals surface area contributed by atoms with Gasteiger partial charge in [0.15, 0.2) is 0 Å². The molecule has 0 unspecified atom stereocenters. The van der Waals surface area contributed by atoms with Crippen LogP contribution in [0.3, 0.4) is 0 Å².